The molecule has 1 N–H and O–H groups in total. The van der Waals surface area contributed by atoms with Gasteiger partial charge in [0.1, 0.15) is 0 Å². The van der Waals surface area contributed by atoms with Crippen molar-refractivity contribution < 1.29 is 0 Å². The average molecular weight is 301 g/mol. The van der Waals surface area contributed by atoms with Crippen LogP contribution >= 0.6 is 34.5 Å². The summed E-state index contributed by atoms with van der Waals surface area (Å²) in [5.74, 6) is 0.293. The summed E-state index contributed by atoms with van der Waals surface area (Å²) in [5, 5.41) is 3.31. The zero-order chi connectivity index (χ0) is 13.1. The number of likely N-dealkylation sites (N-methyl/N-ethyl adjacent to an activating group) is 1. The summed E-state index contributed by atoms with van der Waals surface area (Å²) in [6.45, 7) is 2.17. The second-order valence-electron chi connectivity index (χ2n) is 4.12. The van der Waals surface area contributed by atoms with Crippen molar-refractivity contribution in [1.82, 2.24) is 10.3 Å². The molecule has 2 nitrogen and oxygen atoms in total. The number of halogens is 2. The first-order valence-electron chi connectivity index (χ1n) is 5.65. The van der Waals surface area contributed by atoms with Crippen molar-refractivity contribution in [1.29, 1.82) is 0 Å². The van der Waals surface area contributed by atoms with E-state index in [9.17, 15) is 0 Å². The Hall–Kier alpha value is -0.610. The summed E-state index contributed by atoms with van der Waals surface area (Å²) in [6.07, 6.45) is 3.61. The van der Waals surface area contributed by atoms with Crippen LogP contribution in [0.1, 0.15) is 30.0 Å². The Bertz CT molecular complexity index is 513. The van der Waals surface area contributed by atoms with Crippen LogP contribution in [0, 0.1) is 0 Å². The van der Waals surface area contributed by atoms with E-state index in [0.29, 0.717) is 5.92 Å². The number of thiophene rings is 1. The molecule has 2 heterocycles. The molecule has 0 aliphatic carbocycles. The quantitative estimate of drug-likeness (QED) is 0.898. The van der Waals surface area contributed by atoms with Gasteiger partial charge in [-0.05, 0) is 30.8 Å². The SMILES string of the molecule is CNC(c1cc(Cl)sc1Cl)C(C)c1ccncc1. The van der Waals surface area contributed by atoms with E-state index < -0.39 is 0 Å². The molecule has 2 rings (SSSR count). The van der Waals surface area contributed by atoms with Gasteiger partial charge in [-0.3, -0.25) is 4.98 Å². The maximum atomic E-state index is 6.23. The first-order valence-corrected chi connectivity index (χ1v) is 7.22. The molecule has 5 heteroatoms. The summed E-state index contributed by atoms with van der Waals surface area (Å²) in [5.41, 5.74) is 2.28. The van der Waals surface area contributed by atoms with Crippen molar-refractivity contribution in [2.45, 2.75) is 18.9 Å². The summed E-state index contributed by atoms with van der Waals surface area (Å²) in [6, 6.07) is 6.13. The Labute approximate surface area is 121 Å². The van der Waals surface area contributed by atoms with Crippen LogP contribution in [0.5, 0.6) is 0 Å². The first-order chi connectivity index (χ1) is 8.63. The van der Waals surface area contributed by atoms with Crippen LogP contribution in [0.15, 0.2) is 30.6 Å². The standard InChI is InChI=1S/C13H14Cl2N2S/c1-8(9-3-5-17-6-4-9)12(16-2)10-7-11(14)18-13(10)15/h3-8,12,16H,1-2H3. The highest BCUT2D eigenvalue weighted by Gasteiger charge is 2.23. The first kappa shape index (κ1) is 13.8. The van der Waals surface area contributed by atoms with Crippen LogP contribution in [0.3, 0.4) is 0 Å². The molecule has 2 unspecified atom stereocenters. The zero-order valence-electron chi connectivity index (χ0n) is 10.2. The fourth-order valence-electron chi connectivity index (χ4n) is 2.10. The minimum atomic E-state index is 0.142. The lowest BCUT2D eigenvalue weighted by Crippen LogP contribution is -2.22. The van der Waals surface area contributed by atoms with E-state index in [4.69, 9.17) is 23.2 Å². The van der Waals surface area contributed by atoms with Crippen molar-refractivity contribution in [2.24, 2.45) is 0 Å². The average Bonchev–Trinajstić information content (AvgIpc) is 2.70. The fraction of sp³-hybridized carbons (Fsp3) is 0.308. The third kappa shape index (κ3) is 2.86. The van der Waals surface area contributed by atoms with Crippen molar-refractivity contribution in [3.63, 3.8) is 0 Å². The number of hydrogen-bond acceptors (Lipinski definition) is 3. The Morgan fingerprint density at radius 1 is 1.28 bits per heavy atom. The number of hydrogen-bond donors (Lipinski definition) is 1. The summed E-state index contributed by atoms with van der Waals surface area (Å²) >= 11 is 13.6. The number of nitrogens with one attached hydrogen (secondary N) is 1. The number of rotatable bonds is 4. The minimum absolute atomic E-state index is 0.142. The molecule has 2 aromatic heterocycles. The number of aromatic nitrogens is 1. The Balaban J connectivity index is 2.32. The molecule has 2 aromatic rings. The molecule has 0 spiro atoms. The normalized spacial score (nSPS) is 14.4. The zero-order valence-corrected chi connectivity index (χ0v) is 12.5. The third-order valence-corrected chi connectivity index (χ3v) is 4.58. The second kappa shape index (κ2) is 6.02. The van der Waals surface area contributed by atoms with Gasteiger partial charge in [-0.1, -0.05) is 30.1 Å². The van der Waals surface area contributed by atoms with Crippen LogP contribution in [-0.2, 0) is 0 Å². The fourth-order valence-corrected chi connectivity index (χ4v) is 3.65. The molecule has 0 fully saturated rings. The van der Waals surface area contributed by atoms with Crippen molar-refractivity contribution in [3.05, 3.63) is 50.4 Å². The highest BCUT2D eigenvalue weighted by Crippen LogP contribution is 2.40. The van der Waals surface area contributed by atoms with E-state index in [0.717, 1.165) is 14.2 Å². The third-order valence-electron chi connectivity index (χ3n) is 3.06. The van der Waals surface area contributed by atoms with Crippen molar-refractivity contribution in [3.8, 4) is 0 Å². The molecule has 0 aromatic carbocycles. The van der Waals surface area contributed by atoms with Crippen LogP contribution < -0.4 is 5.32 Å². The van der Waals surface area contributed by atoms with E-state index in [1.807, 2.05) is 25.2 Å². The van der Waals surface area contributed by atoms with Crippen LogP contribution in [0.4, 0.5) is 0 Å². The molecule has 0 bridgehead atoms. The highest BCUT2D eigenvalue weighted by atomic mass is 35.5. The predicted molar refractivity (Wildman–Crippen MR) is 78.8 cm³/mol. The Morgan fingerprint density at radius 2 is 1.94 bits per heavy atom. The van der Waals surface area contributed by atoms with Gasteiger partial charge >= 0.3 is 0 Å². The molecule has 2 atom stereocenters. The second-order valence-corrected chi connectivity index (χ2v) is 6.40. The van der Waals surface area contributed by atoms with Crippen LogP contribution in [0.25, 0.3) is 0 Å². The summed E-state index contributed by atoms with van der Waals surface area (Å²) in [4.78, 5) is 4.04. The number of pyridine rings is 1. The van der Waals surface area contributed by atoms with E-state index in [-0.39, 0.29) is 6.04 Å². The molecule has 96 valence electrons. The lowest BCUT2D eigenvalue weighted by atomic mass is 9.90. The summed E-state index contributed by atoms with van der Waals surface area (Å²) < 4.78 is 1.47. The van der Waals surface area contributed by atoms with Gasteiger partial charge in [-0.2, -0.15) is 0 Å². The molecule has 0 radical (unpaired) electrons. The van der Waals surface area contributed by atoms with E-state index in [1.54, 1.807) is 12.4 Å². The monoisotopic (exact) mass is 300 g/mol. The largest absolute Gasteiger partial charge is 0.312 e. The minimum Gasteiger partial charge on any atom is -0.312 e. The van der Waals surface area contributed by atoms with Gasteiger partial charge in [0.2, 0.25) is 0 Å². The molecular formula is C13H14Cl2N2S. The topological polar surface area (TPSA) is 24.9 Å². The molecule has 0 aliphatic rings. The van der Waals surface area contributed by atoms with E-state index in [1.165, 1.54) is 16.9 Å². The maximum Gasteiger partial charge on any atom is 0.0992 e. The molecule has 0 saturated heterocycles. The Kier molecular flexibility index (Phi) is 4.62. The van der Waals surface area contributed by atoms with Crippen molar-refractivity contribution in [2.75, 3.05) is 7.05 Å². The maximum absolute atomic E-state index is 6.23. The van der Waals surface area contributed by atoms with Gasteiger partial charge in [-0.15, -0.1) is 11.3 Å². The lowest BCUT2D eigenvalue weighted by molar-refractivity contribution is 0.509. The van der Waals surface area contributed by atoms with Crippen LogP contribution in [0.2, 0.25) is 8.67 Å². The van der Waals surface area contributed by atoms with Gasteiger partial charge in [0.25, 0.3) is 0 Å². The van der Waals surface area contributed by atoms with Crippen LogP contribution in [-0.4, -0.2) is 12.0 Å². The lowest BCUT2D eigenvalue weighted by Gasteiger charge is -2.23. The summed E-state index contributed by atoms with van der Waals surface area (Å²) in [7, 11) is 1.93. The highest BCUT2D eigenvalue weighted by molar-refractivity contribution is 7.20. The van der Waals surface area contributed by atoms with Crippen molar-refractivity contribution >= 4 is 34.5 Å². The van der Waals surface area contributed by atoms with Gasteiger partial charge < -0.3 is 5.32 Å². The van der Waals surface area contributed by atoms with Gasteiger partial charge in [-0.25, -0.2) is 0 Å². The predicted octanol–water partition coefficient (Wildman–Crippen LogP) is 4.51. The van der Waals surface area contributed by atoms with Gasteiger partial charge in [0, 0.05) is 29.9 Å². The molecule has 0 aliphatic heterocycles. The van der Waals surface area contributed by atoms with Gasteiger partial charge in [0.05, 0.1) is 8.67 Å². The Morgan fingerprint density at radius 3 is 2.44 bits per heavy atom. The molecule has 18 heavy (non-hydrogen) atoms. The smallest absolute Gasteiger partial charge is 0.0992 e. The molecule has 0 amide bonds. The molecule has 0 saturated carbocycles. The van der Waals surface area contributed by atoms with E-state index >= 15 is 0 Å². The molecular weight excluding hydrogens is 287 g/mol. The van der Waals surface area contributed by atoms with Gasteiger partial charge in [0.15, 0.2) is 0 Å². The van der Waals surface area contributed by atoms with E-state index in [2.05, 4.69) is 17.2 Å². The number of nitrogens with zero attached hydrogens (tertiary/aromatic N) is 1.